The predicted molar refractivity (Wildman–Crippen MR) is 84.0 cm³/mol. The van der Waals surface area contributed by atoms with Gasteiger partial charge in [0.1, 0.15) is 0 Å². The van der Waals surface area contributed by atoms with Crippen LogP contribution in [0.3, 0.4) is 0 Å². The van der Waals surface area contributed by atoms with Crippen molar-refractivity contribution < 1.29 is 9.90 Å². The molecule has 0 aliphatic rings. The van der Waals surface area contributed by atoms with Crippen molar-refractivity contribution in [2.24, 2.45) is 11.3 Å². The quantitative estimate of drug-likeness (QED) is 0.849. The third-order valence-corrected chi connectivity index (χ3v) is 3.67. The SMILES string of the molecule is CC(Cc1ccc(C(C)(C)CC(C)(C)C)cc1)C(=O)O. The van der Waals surface area contributed by atoms with Crippen molar-refractivity contribution in [1.82, 2.24) is 0 Å². The maximum absolute atomic E-state index is 10.9. The highest BCUT2D eigenvalue weighted by atomic mass is 16.4. The molecule has 0 aliphatic carbocycles. The van der Waals surface area contributed by atoms with E-state index in [2.05, 4.69) is 58.9 Å². The maximum atomic E-state index is 10.9. The molecular formula is C18H28O2. The lowest BCUT2D eigenvalue weighted by Crippen LogP contribution is -2.24. The molecule has 1 atom stereocenters. The summed E-state index contributed by atoms with van der Waals surface area (Å²) in [6.07, 6.45) is 1.71. The number of hydrogen-bond donors (Lipinski definition) is 1. The van der Waals surface area contributed by atoms with E-state index in [-0.39, 0.29) is 11.3 Å². The van der Waals surface area contributed by atoms with Gasteiger partial charge in [-0.1, -0.05) is 65.8 Å². The number of carboxylic acids is 1. The van der Waals surface area contributed by atoms with Crippen LogP contribution in [-0.2, 0) is 16.6 Å². The van der Waals surface area contributed by atoms with Gasteiger partial charge in [-0.2, -0.15) is 0 Å². The molecule has 2 nitrogen and oxygen atoms in total. The highest BCUT2D eigenvalue weighted by Crippen LogP contribution is 2.36. The minimum atomic E-state index is -0.734. The van der Waals surface area contributed by atoms with Gasteiger partial charge < -0.3 is 5.11 Å². The van der Waals surface area contributed by atoms with E-state index in [4.69, 9.17) is 5.11 Å². The number of hydrogen-bond acceptors (Lipinski definition) is 1. The normalized spacial score (nSPS) is 14.1. The van der Waals surface area contributed by atoms with E-state index in [1.54, 1.807) is 6.92 Å². The summed E-state index contributed by atoms with van der Waals surface area (Å²) >= 11 is 0. The second-order valence-electron chi connectivity index (χ2n) is 7.76. The first kappa shape index (κ1) is 16.7. The zero-order valence-electron chi connectivity index (χ0n) is 13.7. The van der Waals surface area contributed by atoms with Gasteiger partial charge in [0.2, 0.25) is 0 Å². The van der Waals surface area contributed by atoms with Crippen molar-refractivity contribution in [1.29, 1.82) is 0 Å². The third-order valence-electron chi connectivity index (χ3n) is 3.67. The van der Waals surface area contributed by atoms with Crippen molar-refractivity contribution in [2.75, 3.05) is 0 Å². The van der Waals surface area contributed by atoms with Crippen LogP contribution in [0.1, 0.15) is 59.1 Å². The average Bonchev–Trinajstić information content (AvgIpc) is 2.26. The van der Waals surface area contributed by atoms with Crippen molar-refractivity contribution in [3.8, 4) is 0 Å². The molecular weight excluding hydrogens is 248 g/mol. The Hall–Kier alpha value is -1.31. The summed E-state index contributed by atoms with van der Waals surface area (Å²) in [6, 6.07) is 8.43. The van der Waals surface area contributed by atoms with E-state index in [0.717, 1.165) is 12.0 Å². The van der Waals surface area contributed by atoms with Gasteiger partial charge in [0.05, 0.1) is 5.92 Å². The number of aliphatic carboxylic acids is 1. The zero-order valence-corrected chi connectivity index (χ0v) is 13.7. The minimum Gasteiger partial charge on any atom is -0.481 e. The van der Waals surface area contributed by atoms with Crippen LogP contribution in [0.5, 0.6) is 0 Å². The number of rotatable bonds is 5. The maximum Gasteiger partial charge on any atom is 0.306 e. The molecule has 0 aliphatic heterocycles. The van der Waals surface area contributed by atoms with Crippen molar-refractivity contribution in [2.45, 2.75) is 59.8 Å². The Bertz CT molecular complexity index is 449. The molecule has 1 unspecified atom stereocenters. The fourth-order valence-electron chi connectivity index (χ4n) is 2.96. The van der Waals surface area contributed by atoms with Gasteiger partial charge >= 0.3 is 5.97 Å². The lowest BCUT2D eigenvalue weighted by molar-refractivity contribution is -0.141. The summed E-state index contributed by atoms with van der Waals surface area (Å²) < 4.78 is 0. The molecule has 0 saturated heterocycles. The third kappa shape index (κ3) is 4.99. The molecule has 2 heteroatoms. The standard InChI is InChI=1S/C18H28O2/c1-13(16(19)20)11-14-7-9-15(10-8-14)18(5,6)12-17(2,3)4/h7-10,13H,11-12H2,1-6H3,(H,19,20). The molecule has 1 N–H and O–H groups in total. The Balaban J connectivity index is 2.83. The van der Waals surface area contributed by atoms with Crippen molar-refractivity contribution in [3.63, 3.8) is 0 Å². The molecule has 112 valence electrons. The molecule has 1 rings (SSSR count). The van der Waals surface area contributed by atoms with Crippen LogP contribution in [0.4, 0.5) is 0 Å². The fourth-order valence-corrected chi connectivity index (χ4v) is 2.96. The first-order valence-corrected chi connectivity index (χ1v) is 7.33. The average molecular weight is 276 g/mol. The van der Waals surface area contributed by atoms with Gasteiger partial charge in [0, 0.05) is 0 Å². The van der Waals surface area contributed by atoms with E-state index in [9.17, 15) is 4.79 Å². The second-order valence-corrected chi connectivity index (χ2v) is 7.76. The highest BCUT2D eigenvalue weighted by molar-refractivity contribution is 5.69. The monoisotopic (exact) mass is 276 g/mol. The van der Waals surface area contributed by atoms with Gasteiger partial charge in [0.25, 0.3) is 0 Å². The first-order valence-electron chi connectivity index (χ1n) is 7.33. The predicted octanol–water partition coefficient (Wildman–Crippen LogP) is 4.66. The fraction of sp³-hybridized carbons (Fsp3) is 0.611. The van der Waals surface area contributed by atoms with Gasteiger partial charge in [-0.05, 0) is 34.8 Å². The van der Waals surface area contributed by atoms with Crippen LogP contribution in [0, 0.1) is 11.3 Å². The number of carbonyl (C=O) groups is 1. The van der Waals surface area contributed by atoms with E-state index in [1.165, 1.54) is 5.56 Å². The largest absolute Gasteiger partial charge is 0.481 e. The van der Waals surface area contributed by atoms with Crippen molar-refractivity contribution >= 4 is 5.97 Å². The van der Waals surface area contributed by atoms with Crippen molar-refractivity contribution in [3.05, 3.63) is 35.4 Å². The van der Waals surface area contributed by atoms with E-state index in [0.29, 0.717) is 11.8 Å². The zero-order chi connectivity index (χ0) is 15.6. The Labute approximate surface area is 123 Å². The molecule has 0 spiro atoms. The highest BCUT2D eigenvalue weighted by Gasteiger charge is 2.27. The smallest absolute Gasteiger partial charge is 0.306 e. The second kappa shape index (κ2) is 5.99. The van der Waals surface area contributed by atoms with Gasteiger partial charge in [0.15, 0.2) is 0 Å². The summed E-state index contributed by atoms with van der Waals surface area (Å²) in [5.41, 5.74) is 2.84. The van der Waals surface area contributed by atoms with Gasteiger partial charge in [-0.3, -0.25) is 4.79 Å². The van der Waals surface area contributed by atoms with Crippen LogP contribution in [-0.4, -0.2) is 11.1 Å². The molecule has 0 aromatic heterocycles. The Morgan fingerprint density at radius 2 is 1.60 bits per heavy atom. The lowest BCUT2D eigenvalue weighted by atomic mass is 9.72. The molecule has 0 saturated carbocycles. The molecule has 0 radical (unpaired) electrons. The molecule has 0 amide bonds. The molecule has 0 bridgehead atoms. The molecule has 20 heavy (non-hydrogen) atoms. The van der Waals surface area contributed by atoms with Gasteiger partial charge in [-0.25, -0.2) is 0 Å². The van der Waals surface area contributed by atoms with Crippen LogP contribution in [0.15, 0.2) is 24.3 Å². The molecule has 1 aromatic carbocycles. The Morgan fingerprint density at radius 1 is 1.10 bits per heavy atom. The summed E-state index contributed by atoms with van der Waals surface area (Å²) in [7, 11) is 0. The minimum absolute atomic E-state index is 0.134. The molecule has 0 fully saturated rings. The lowest BCUT2D eigenvalue weighted by Gasteiger charge is -2.33. The van der Waals surface area contributed by atoms with E-state index >= 15 is 0 Å². The summed E-state index contributed by atoms with van der Waals surface area (Å²) in [4.78, 5) is 10.9. The summed E-state index contributed by atoms with van der Waals surface area (Å²) in [6.45, 7) is 13.1. The summed E-state index contributed by atoms with van der Waals surface area (Å²) in [5, 5.41) is 8.95. The van der Waals surface area contributed by atoms with Crippen LogP contribution in [0.25, 0.3) is 0 Å². The topological polar surface area (TPSA) is 37.3 Å². The number of carboxylic acid groups (broad SMARTS) is 1. The van der Waals surface area contributed by atoms with E-state index in [1.807, 2.05) is 0 Å². The molecule has 0 heterocycles. The van der Waals surface area contributed by atoms with Crippen LogP contribution in [0.2, 0.25) is 0 Å². The van der Waals surface area contributed by atoms with E-state index < -0.39 is 5.97 Å². The summed E-state index contributed by atoms with van der Waals surface area (Å²) in [5.74, 6) is -1.06. The van der Waals surface area contributed by atoms with Crippen LogP contribution >= 0.6 is 0 Å². The van der Waals surface area contributed by atoms with Gasteiger partial charge in [-0.15, -0.1) is 0 Å². The first-order chi connectivity index (χ1) is 9.01. The number of benzene rings is 1. The Morgan fingerprint density at radius 3 is 2.00 bits per heavy atom. The van der Waals surface area contributed by atoms with Crippen LogP contribution < -0.4 is 0 Å². The Kier molecular flexibility index (Phi) is 5.01. The molecule has 1 aromatic rings.